The van der Waals surface area contributed by atoms with Crippen LogP contribution in [0.15, 0.2) is 42.6 Å². The van der Waals surface area contributed by atoms with E-state index in [9.17, 15) is 9.59 Å². The van der Waals surface area contributed by atoms with Crippen LogP contribution in [-0.2, 0) is 16.0 Å². The Hall–Kier alpha value is -3.35. The first-order chi connectivity index (χ1) is 15.1. The van der Waals surface area contributed by atoms with E-state index in [2.05, 4.69) is 21.3 Å². The molecular weight excluding hydrogens is 392 g/mol. The van der Waals surface area contributed by atoms with Crippen molar-refractivity contribution < 1.29 is 14.3 Å². The third-order valence-electron chi connectivity index (χ3n) is 6.51. The molecule has 0 aliphatic carbocycles. The monoisotopic (exact) mass is 418 g/mol. The number of ether oxygens (including phenoxy) is 1. The lowest BCUT2D eigenvalue weighted by molar-refractivity contribution is -0.125. The van der Waals surface area contributed by atoms with E-state index in [1.807, 2.05) is 35.2 Å². The number of nitrogens with zero attached hydrogens (tertiary/aromatic N) is 3. The van der Waals surface area contributed by atoms with E-state index in [0.29, 0.717) is 30.5 Å². The minimum absolute atomic E-state index is 0.00215. The van der Waals surface area contributed by atoms with Crippen molar-refractivity contribution in [2.45, 2.75) is 12.8 Å². The molecule has 2 atom stereocenters. The Morgan fingerprint density at radius 3 is 2.71 bits per heavy atom. The molecule has 1 aromatic heterocycles. The van der Waals surface area contributed by atoms with Gasteiger partial charge in [0, 0.05) is 56.7 Å². The molecule has 160 valence electrons. The van der Waals surface area contributed by atoms with E-state index in [4.69, 9.17) is 4.74 Å². The Morgan fingerprint density at radius 2 is 1.94 bits per heavy atom. The number of carbonyl (C=O) groups excluding carboxylic acids is 2. The summed E-state index contributed by atoms with van der Waals surface area (Å²) < 4.78 is 5.51. The second-order valence-electron chi connectivity index (χ2n) is 8.50. The molecule has 2 fully saturated rings. The number of hydrogen-bond donors (Lipinski definition) is 1. The van der Waals surface area contributed by atoms with Crippen molar-refractivity contribution in [1.82, 2.24) is 9.88 Å². The number of amides is 2. The van der Waals surface area contributed by atoms with Crippen molar-refractivity contribution in [3.05, 3.63) is 53.7 Å². The van der Waals surface area contributed by atoms with Gasteiger partial charge in [0.1, 0.15) is 11.6 Å². The third kappa shape index (κ3) is 3.87. The molecule has 0 spiro atoms. The van der Waals surface area contributed by atoms with Crippen LogP contribution in [0, 0.1) is 11.8 Å². The number of carbonyl (C=O) groups is 2. The predicted molar refractivity (Wildman–Crippen MR) is 119 cm³/mol. The maximum Gasteiger partial charge on any atom is 0.246 e. The van der Waals surface area contributed by atoms with Crippen LogP contribution in [-0.4, -0.2) is 55.0 Å². The number of anilines is 2. The van der Waals surface area contributed by atoms with Crippen molar-refractivity contribution in [3.63, 3.8) is 0 Å². The van der Waals surface area contributed by atoms with Crippen LogP contribution in [0.3, 0.4) is 0 Å². The van der Waals surface area contributed by atoms with Crippen LogP contribution in [0.4, 0.5) is 11.5 Å². The summed E-state index contributed by atoms with van der Waals surface area (Å²) in [5, 5.41) is 2.78. The summed E-state index contributed by atoms with van der Waals surface area (Å²) in [6.45, 7) is 3.46. The van der Waals surface area contributed by atoms with Crippen LogP contribution >= 0.6 is 0 Å². The highest BCUT2D eigenvalue weighted by Crippen LogP contribution is 2.37. The predicted octanol–water partition coefficient (Wildman–Crippen LogP) is 2.58. The first kappa shape index (κ1) is 19.6. The lowest BCUT2D eigenvalue weighted by atomic mass is 10.0. The molecule has 7 heteroatoms. The Kier molecular flexibility index (Phi) is 5.10. The summed E-state index contributed by atoms with van der Waals surface area (Å²) in [4.78, 5) is 32.9. The first-order valence-corrected chi connectivity index (χ1v) is 10.7. The highest BCUT2D eigenvalue weighted by molar-refractivity contribution is 5.94. The van der Waals surface area contributed by atoms with Crippen molar-refractivity contribution in [2.24, 2.45) is 11.8 Å². The van der Waals surface area contributed by atoms with Crippen molar-refractivity contribution in [2.75, 3.05) is 43.5 Å². The summed E-state index contributed by atoms with van der Waals surface area (Å²) >= 11 is 0. The van der Waals surface area contributed by atoms with Gasteiger partial charge in [0.2, 0.25) is 11.8 Å². The van der Waals surface area contributed by atoms with E-state index in [1.165, 1.54) is 0 Å². The maximum atomic E-state index is 12.8. The molecular formula is C24H26N4O3. The molecule has 2 saturated heterocycles. The zero-order chi connectivity index (χ0) is 21.4. The Balaban J connectivity index is 1.20. The van der Waals surface area contributed by atoms with Gasteiger partial charge in [-0.25, -0.2) is 4.98 Å². The van der Waals surface area contributed by atoms with Gasteiger partial charge in [-0.1, -0.05) is 12.1 Å². The zero-order valence-electron chi connectivity index (χ0n) is 17.6. The number of rotatable bonds is 4. The maximum absolute atomic E-state index is 12.8. The number of methoxy groups -OCH3 is 1. The van der Waals surface area contributed by atoms with Crippen LogP contribution in [0.25, 0.3) is 6.08 Å². The molecule has 7 nitrogen and oxygen atoms in total. The smallest absolute Gasteiger partial charge is 0.246 e. The van der Waals surface area contributed by atoms with E-state index in [0.717, 1.165) is 48.7 Å². The average molecular weight is 418 g/mol. The van der Waals surface area contributed by atoms with E-state index >= 15 is 0 Å². The van der Waals surface area contributed by atoms with Crippen LogP contribution in [0.1, 0.15) is 17.5 Å². The lowest BCUT2D eigenvalue weighted by Crippen LogP contribution is -2.32. The van der Waals surface area contributed by atoms with Gasteiger partial charge in [-0.05, 0) is 41.8 Å². The number of hydrogen-bond acceptors (Lipinski definition) is 5. The number of aryl methyl sites for hydroxylation is 1. The first-order valence-electron chi connectivity index (χ1n) is 10.7. The van der Waals surface area contributed by atoms with Gasteiger partial charge in [0.05, 0.1) is 12.8 Å². The summed E-state index contributed by atoms with van der Waals surface area (Å²) in [5.41, 5.74) is 3.03. The molecule has 0 bridgehead atoms. The summed E-state index contributed by atoms with van der Waals surface area (Å²) in [6.07, 6.45) is 6.31. The average Bonchev–Trinajstić information content (AvgIpc) is 3.37. The number of aromatic nitrogens is 1. The Bertz CT molecular complexity index is 1040. The van der Waals surface area contributed by atoms with Crippen molar-refractivity contribution >= 4 is 29.4 Å². The fourth-order valence-electron chi connectivity index (χ4n) is 4.90. The molecule has 1 N–H and O–H groups in total. The van der Waals surface area contributed by atoms with E-state index < -0.39 is 0 Å². The van der Waals surface area contributed by atoms with Gasteiger partial charge in [0.15, 0.2) is 0 Å². The SMILES string of the molecule is COc1ccccc1N1C[C@H]2CN(C(=O)C=Cc3cnc4c(c3)CCC(=O)N4)C[C@H]2C1. The molecule has 0 saturated carbocycles. The minimum atomic E-state index is 0.00215. The lowest BCUT2D eigenvalue weighted by Gasteiger charge is -2.24. The van der Waals surface area contributed by atoms with Gasteiger partial charge >= 0.3 is 0 Å². The van der Waals surface area contributed by atoms with E-state index in [-0.39, 0.29) is 11.8 Å². The molecule has 0 unspecified atom stereocenters. The molecule has 5 rings (SSSR count). The summed E-state index contributed by atoms with van der Waals surface area (Å²) in [7, 11) is 1.70. The number of benzene rings is 1. The van der Waals surface area contributed by atoms with Gasteiger partial charge in [-0.2, -0.15) is 0 Å². The van der Waals surface area contributed by atoms with Crippen LogP contribution in [0.5, 0.6) is 5.75 Å². The molecule has 4 heterocycles. The second kappa shape index (κ2) is 8.06. The largest absolute Gasteiger partial charge is 0.495 e. The summed E-state index contributed by atoms with van der Waals surface area (Å²) in [5.74, 6) is 2.54. The minimum Gasteiger partial charge on any atom is -0.495 e. The van der Waals surface area contributed by atoms with Gasteiger partial charge in [-0.15, -0.1) is 0 Å². The second-order valence-corrected chi connectivity index (χ2v) is 8.50. The van der Waals surface area contributed by atoms with Gasteiger partial charge in [-0.3, -0.25) is 9.59 Å². The third-order valence-corrected chi connectivity index (χ3v) is 6.51. The highest BCUT2D eigenvalue weighted by Gasteiger charge is 2.41. The van der Waals surface area contributed by atoms with Crippen molar-refractivity contribution in [1.29, 1.82) is 0 Å². The van der Waals surface area contributed by atoms with Crippen LogP contribution < -0.4 is 15.0 Å². The Labute approximate surface area is 181 Å². The standard InChI is InChI=1S/C24H26N4O3/c1-31-21-5-3-2-4-20(21)27-12-18-14-28(15-19(18)13-27)23(30)9-6-16-10-17-7-8-22(29)26-24(17)25-11-16/h2-6,9-11,18-19H,7-8,12-15H2,1H3,(H,25,26,29)/t18-,19+. The topological polar surface area (TPSA) is 74.8 Å². The number of fused-ring (bicyclic) bond motifs is 2. The molecule has 0 radical (unpaired) electrons. The summed E-state index contributed by atoms with van der Waals surface area (Å²) in [6, 6.07) is 10.1. The quantitative estimate of drug-likeness (QED) is 0.773. The number of para-hydroxylation sites is 2. The molecule has 2 aromatic rings. The highest BCUT2D eigenvalue weighted by atomic mass is 16.5. The van der Waals surface area contributed by atoms with E-state index in [1.54, 1.807) is 19.4 Å². The normalized spacial score (nSPS) is 22.4. The van der Waals surface area contributed by atoms with Gasteiger partial charge < -0.3 is 19.9 Å². The van der Waals surface area contributed by atoms with Crippen molar-refractivity contribution in [3.8, 4) is 5.75 Å². The van der Waals surface area contributed by atoms with Gasteiger partial charge in [0.25, 0.3) is 0 Å². The molecule has 1 aromatic carbocycles. The molecule has 2 amide bonds. The number of likely N-dealkylation sites (tertiary alicyclic amines) is 1. The molecule has 3 aliphatic heterocycles. The number of pyridine rings is 1. The molecule has 3 aliphatic rings. The number of nitrogens with one attached hydrogen (secondary N) is 1. The van der Waals surface area contributed by atoms with Crippen LogP contribution in [0.2, 0.25) is 0 Å². The molecule has 31 heavy (non-hydrogen) atoms. The fourth-order valence-corrected chi connectivity index (χ4v) is 4.90. The zero-order valence-corrected chi connectivity index (χ0v) is 17.6. The Morgan fingerprint density at radius 1 is 1.16 bits per heavy atom. The fraction of sp³-hybridized carbons (Fsp3) is 0.375.